The highest BCUT2D eigenvalue weighted by Gasteiger charge is 2.36. The van der Waals surface area contributed by atoms with Gasteiger partial charge < -0.3 is 14.8 Å². The van der Waals surface area contributed by atoms with Crippen molar-refractivity contribution >= 4 is 10.9 Å². The van der Waals surface area contributed by atoms with Crippen molar-refractivity contribution in [1.82, 2.24) is 25.2 Å². The number of fused-ring (bicyclic) bond motifs is 1. The van der Waals surface area contributed by atoms with Gasteiger partial charge in [-0.2, -0.15) is 0 Å². The standard InChI is InChI=1S/C24H27N7O/c1-17-7-6-10-19-15-20(24(32)25-21(17)19)22(30-13-11-29(2)12-14-30)23-26-27-28-31(23)16-18-8-4-3-5-9-18/h3-10,15,22H,11-14,16H2,1-2H3,(H,25,32)/p+2/t22-/m1/s1. The minimum Gasteiger partial charge on any atom is -0.328 e. The summed E-state index contributed by atoms with van der Waals surface area (Å²) in [6.07, 6.45) is 0. The molecule has 0 radical (unpaired) electrons. The van der Waals surface area contributed by atoms with Crippen molar-refractivity contribution in [3.05, 3.63) is 87.5 Å². The number of H-pyrrole nitrogens is 1. The molecule has 0 spiro atoms. The van der Waals surface area contributed by atoms with Crippen LogP contribution in [0.15, 0.2) is 59.4 Å². The minimum atomic E-state index is -0.226. The van der Waals surface area contributed by atoms with Crippen LogP contribution in [0.4, 0.5) is 0 Å². The number of hydrogen-bond acceptors (Lipinski definition) is 4. The number of nitrogens with one attached hydrogen (secondary N) is 3. The molecule has 164 valence electrons. The highest BCUT2D eigenvalue weighted by molar-refractivity contribution is 5.82. The van der Waals surface area contributed by atoms with Crippen LogP contribution in [-0.2, 0) is 6.54 Å². The Morgan fingerprint density at radius 2 is 1.84 bits per heavy atom. The number of aromatic amines is 1. The number of likely N-dealkylation sites (N-methyl/N-ethyl adjacent to an activating group) is 1. The first kappa shape index (κ1) is 20.5. The number of para-hydroxylation sites is 1. The second-order valence-corrected chi connectivity index (χ2v) is 8.82. The second-order valence-electron chi connectivity index (χ2n) is 8.82. The summed E-state index contributed by atoms with van der Waals surface area (Å²) in [5.74, 6) is 0.737. The molecule has 1 fully saturated rings. The van der Waals surface area contributed by atoms with Crippen molar-refractivity contribution < 1.29 is 9.80 Å². The molecule has 8 heteroatoms. The van der Waals surface area contributed by atoms with Gasteiger partial charge in [0.05, 0.1) is 24.7 Å². The van der Waals surface area contributed by atoms with Crippen LogP contribution in [0.25, 0.3) is 10.9 Å². The van der Waals surface area contributed by atoms with Crippen LogP contribution in [-0.4, -0.2) is 58.4 Å². The largest absolute Gasteiger partial charge is 0.328 e. The zero-order chi connectivity index (χ0) is 22.1. The summed E-state index contributed by atoms with van der Waals surface area (Å²) < 4.78 is 1.85. The lowest BCUT2D eigenvalue weighted by atomic mass is 10.0. The molecular formula is C24H29N7O+2. The Bertz CT molecular complexity index is 1270. The summed E-state index contributed by atoms with van der Waals surface area (Å²) in [6, 6.07) is 18.1. The van der Waals surface area contributed by atoms with Crippen molar-refractivity contribution in [3.8, 4) is 0 Å². The van der Waals surface area contributed by atoms with Gasteiger partial charge in [-0.05, 0) is 39.9 Å². The molecule has 1 atom stereocenters. The van der Waals surface area contributed by atoms with E-state index in [2.05, 4.69) is 45.8 Å². The number of tetrazole rings is 1. The van der Waals surface area contributed by atoms with Gasteiger partial charge in [0, 0.05) is 0 Å². The fourth-order valence-corrected chi connectivity index (χ4v) is 4.73. The Kier molecular flexibility index (Phi) is 5.55. The summed E-state index contributed by atoms with van der Waals surface area (Å²) in [4.78, 5) is 19.3. The minimum absolute atomic E-state index is 0.0650. The van der Waals surface area contributed by atoms with Crippen LogP contribution in [0.1, 0.15) is 28.6 Å². The Labute approximate surface area is 186 Å². The second kappa shape index (κ2) is 8.64. The van der Waals surface area contributed by atoms with Gasteiger partial charge in [0.25, 0.3) is 5.56 Å². The number of pyridine rings is 1. The van der Waals surface area contributed by atoms with Crippen molar-refractivity contribution in [2.45, 2.75) is 19.5 Å². The molecule has 0 unspecified atom stereocenters. The van der Waals surface area contributed by atoms with Crippen molar-refractivity contribution in [2.24, 2.45) is 0 Å². The van der Waals surface area contributed by atoms with Crippen LogP contribution in [0.3, 0.4) is 0 Å². The number of hydrogen-bond donors (Lipinski definition) is 3. The molecule has 1 saturated heterocycles. The SMILES string of the molecule is Cc1cccc2cc([C@H](c3nnnn3Cc3ccccc3)[NH+]3CC[NH+](C)CC3)c(=O)[nH]c12. The van der Waals surface area contributed by atoms with Gasteiger partial charge in [0.1, 0.15) is 26.2 Å². The molecule has 1 aliphatic heterocycles. The van der Waals surface area contributed by atoms with E-state index in [9.17, 15) is 4.79 Å². The van der Waals surface area contributed by atoms with E-state index in [-0.39, 0.29) is 11.6 Å². The maximum Gasteiger partial charge on any atom is 0.258 e. The zero-order valence-corrected chi connectivity index (χ0v) is 18.5. The molecular weight excluding hydrogens is 402 g/mol. The van der Waals surface area contributed by atoms with Crippen molar-refractivity contribution in [2.75, 3.05) is 33.2 Å². The van der Waals surface area contributed by atoms with E-state index in [0.29, 0.717) is 6.54 Å². The molecule has 8 nitrogen and oxygen atoms in total. The van der Waals surface area contributed by atoms with E-state index in [4.69, 9.17) is 0 Å². The topological polar surface area (TPSA) is 85.3 Å². The maximum atomic E-state index is 13.3. The molecule has 32 heavy (non-hydrogen) atoms. The number of benzene rings is 2. The zero-order valence-electron chi connectivity index (χ0n) is 18.5. The lowest BCUT2D eigenvalue weighted by Gasteiger charge is -2.32. The van der Waals surface area contributed by atoms with E-state index in [0.717, 1.165) is 59.6 Å². The van der Waals surface area contributed by atoms with Gasteiger partial charge >= 0.3 is 0 Å². The van der Waals surface area contributed by atoms with E-state index in [1.165, 1.54) is 9.80 Å². The smallest absolute Gasteiger partial charge is 0.258 e. The monoisotopic (exact) mass is 431 g/mol. The molecule has 2 aromatic carbocycles. The first-order chi connectivity index (χ1) is 15.6. The van der Waals surface area contributed by atoms with Crippen molar-refractivity contribution in [1.29, 1.82) is 0 Å². The molecule has 0 aliphatic carbocycles. The van der Waals surface area contributed by atoms with Gasteiger partial charge in [0.15, 0.2) is 6.04 Å². The number of aromatic nitrogens is 5. The molecule has 1 aliphatic rings. The summed E-state index contributed by atoms with van der Waals surface area (Å²) in [7, 11) is 2.22. The maximum absolute atomic E-state index is 13.3. The Morgan fingerprint density at radius 1 is 1.06 bits per heavy atom. The third kappa shape index (κ3) is 3.94. The van der Waals surface area contributed by atoms with E-state index < -0.39 is 0 Å². The molecule has 3 N–H and O–H groups in total. The molecule has 0 saturated carbocycles. The van der Waals surface area contributed by atoms with Crippen LogP contribution in [0.5, 0.6) is 0 Å². The summed E-state index contributed by atoms with van der Waals surface area (Å²) in [5.41, 5.74) is 3.74. The first-order valence-electron chi connectivity index (χ1n) is 11.2. The first-order valence-corrected chi connectivity index (χ1v) is 11.2. The highest BCUT2D eigenvalue weighted by Crippen LogP contribution is 2.20. The van der Waals surface area contributed by atoms with Gasteiger partial charge in [-0.15, -0.1) is 5.10 Å². The number of piperazine rings is 1. The lowest BCUT2D eigenvalue weighted by Crippen LogP contribution is -3.27. The molecule has 0 amide bonds. The molecule has 2 aromatic heterocycles. The third-order valence-electron chi connectivity index (χ3n) is 6.57. The molecule has 3 heterocycles. The Hall–Kier alpha value is -3.36. The number of quaternary nitrogens is 2. The third-order valence-corrected chi connectivity index (χ3v) is 6.57. The Morgan fingerprint density at radius 3 is 2.62 bits per heavy atom. The Balaban J connectivity index is 1.62. The summed E-state index contributed by atoms with van der Waals surface area (Å²) >= 11 is 0. The average molecular weight is 432 g/mol. The number of nitrogens with zero attached hydrogens (tertiary/aromatic N) is 4. The van der Waals surface area contributed by atoms with E-state index in [1.807, 2.05) is 48.0 Å². The highest BCUT2D eigenvalue weighted by atomic mass is 16.1. The lowest BCUT2D eigenvalue weighted by molar-refractivity contribution is -1.02. The normalized spacial score (nSPS) is 19.8. The van der Waals surface area contributed by atoms with Crippen molar-refractivity contribution in [3.63, 3.8) is 0 Å². The van der Waals surface area contributed by atoms with E-state index >= 15 is 0 Å². The van der Waals surface area contributed by atoms with Crippen LogP contribution in [0.2, 0.25) is 0 Å². The quantitative estimate of drug-likeness (QED) is 0.393. The van der Waals surface area contributed by atoms with Crippen LogP contribution >= 0.6 is 0 Å². The average Bonchev–Trinajstić information content (AvgIpc) is 3.24. The van der Waals surface area contributed by atoms with Crippen LogP contribution < -0.4 is 15.4 Å². The predicted molar refractivity (Wildman–Crippen MR) is 122 cm³/mol. The number of rotatable bonds is 5. The molecule has 0 bridgehead atoms. The van der Waals surface area contributed by atoms with Gasteiger partial charge in [0.2, 0.25) is 5.82 Å². The van der Waals surface area contributed by atoms with E-state index in [1.54, 1.807) is 0 Å². The van der Waals surface area contributed by atoms with Gasteiger partial charge in [-0.1, -0.05) is 48.5 Å². The number of aryl methyl sites for hydroxylation is 1. The summed E-state index contributed by atoms with van der Waals surface area (Å²) in [5, 5.41) is 13.8. The predicted octanol–water partition coefficient (Wildman–Crippen LogP) is -0.626. The van der Waals surface area contributed by atoms with Gasteiger partial charge in [-0.3, -0.25) is 4.79 Å². The fraction of sp³-hybridized carbons (Fsp3) is 0.333. The molecule has 5 rings (SSSR count). The van der Waals surface area contributed by atoms with Gasteiger partial charge in [-0.25, -0.2) is 4.68 Å². The van der Waals surface area contributed by atoms with Crippen LogP contribution in [0, 0.1) is 6.92 Å². The fourth-order valence-electron chi connectivity index (χ4n) is 4.73. The summed E-state index contributed by atoms with van der Waals surface area (Å²) in [6.45, 7) is 6.61. The molecule has 4 aromatic rings.